The second-order valence-electron chi connectivity index (χ2n) is 10.0. The highest BCUT2D eigenvalue weighted by Crippen LogP contribution is 2.66. The molecule has 3 aliphatic rings. The van der Waals surface area contributed by atoms with E-state index in [1.807, 2.05) is 38.1 Å². The Kier molecular flexibility index (Phi) is 3.45. The molecule has 0 radical (unpaired) electrons. The van der Waals surface area contributed by atoms with E-state index in [0.29, 0.717) is 12.1 Å². The summed E-state index contributed by atoms with van der Waals surface area (Å²) in [6.07, 6.45) is 0.649. The van der Waals surface area contributed by atoms with Crippen LogP contribution in [0.4, 0.5) is 5.69 Å². The summed E-state index contributed by atoms with van der Waals surface area (Å²) in [5.41, 5.74) is -1.83. The maximum Gasteiger partial charge on any atom is 0.267 e. The lowest BCUT2D eigenvalue weighted by Crippen LogP contribution is -2.73. The summed E-state index contributed by atoms with van der Waals surface area (Å²) in [4.78, 5) is 41.1. The minimum absolute atomic E-state index is 0.0239. The van der Waals surface area contributed by atoms with Crippen LogP contribution in [0.2, 0.25) is 0 Å². The Balaban J connectivity index is 1.88. The minimum Gasteiger partial charge on any atom is -0.357 e. The zero-order valence-corrected chi connectivity index (χ0v) is 16.9. The van der Waals surface area contributed by atoms with Crippen molar-refractivity contribution < 1.29 is 19.1 Å². The van der Waals surface area contributed by atoms with Crippen molar-refractivity contribution in [3.63, 3.8) is 0 Å². The van der Waals surface area contributed by atoms with Crippen molar-refractivity contribution in [2.24, 2.45) is 11.3 Å². The molecule has 3 fully saturated rings. The second-order valence-corrected chi connectivity index (χ2v) is 10.0. The van der Waals surface area contributed by atoms with Gasteiger partial charge in [-0.25, -0.2) is 4.90 Å². The van der Waals surface area contributed by atoms with Crippen molar-refractivity contribution in [3.8, 4) is 0 Å². The van der Waals surface area contributed by atoms with Crippen molar-refractivity contribution in [3.05, 3.63) is 29.8 Å². The van der Waals surface area contributed by atoms with Gasteiger partial charge in [-0.2, -0.15) is 0 Å². The molecule has 0 N–H and O–H groups in total. The van der Waals surface area contributed by atoms with Gasteiger partial charge in [0.05, 0.1) is 22.6 Å². The number of carbonyl (C=O) groups excluding carboxylic acids is 3. The highest BCUT2D eigenvalue weighted by atomic mass is 16.5. The van der Waals surface area contributed by atoms with Gasteiger partial charge in [-0.3, -0.25) is 14.4 Å². The number of hydrogen-bond acceptors (Lipinski definition) is 4. The monoisotopic (exact) mass is 369 g/mol. The molecule has 5 nitrogen and oxygen atoms in total. The Morgan fingerprint density at radius 1 is 1.04 bits per heavy atom. The molecule has 27 heavy (non-hydrogen) atoms. The number of anilines is 1. The van der Waals surface area contributed by atoms with Crippen LogP contribution in [0, 0.1) is 11.3 Å². The van der Waals surface area contributed by atoms with Gasteiger partial charge in [0.2, 0.25) is 5.91 Å². The van der Waals surface area contributed by atoms with Crippen LogP contribution >= 0.6 is 0 Å². The fourth-order valence-corrected chi connectivity index (χ4v) is 5.20. The van der Waals surface area contributed by atoms with Crippen molar-refractivity contribution in [1.82, 2.24) is 0 Å². The molecule has 1 aromatic rings. The molecule has 1 spiro atoms. The smallest absolute Gasteiger partial charge is 0.267 e. The Hall–Kier alpha value is -2.01. The third-order valence-electron chi connectivity index (χ3n) is 6.50. The molecule has 1 aromatic carbocycles. The highest BCUT2D eigenvalue weighted by Gasteiger charge is 2.82. The first-order valence-corrected chi connectivity index (χ1v) is 9.57. The van der Waals surface area contributed by atoms with Crippen LogP contribution in [-0.2, 0) is 24.5 Å². The van der Waals surface area contributed by atoms with E-state index < -0.39 is 22.5 Å². The first-order valence-electron chi connectivity index (χ1n) is 9.57. The van der Waals surface area contributed by atoms with E-state index in [1.54, 1.807) is 6.92 Å². The van der Waals surface area contributed by atoms with Crippen molar-refractivity contribution in [2.75, 3.05) is 4.90 Å². The summed E-state index contributed by atoms with van der Waals surface area (Å²) < 4.78 is 6.28. The van der Waals surface area contributed by atoms with Gasteiger partial charge in [0.25, 0.3) is 5.91 Å². The number of amides is 2. The van der Waals surface area contributed by atoms with Gasteiger partial charge in [-0.05, 0) is 44.2 Å². The molecular weight excluding hydrogens is 342 g/mol. The average molecular weight is 369 g/mol. The largest absolute Gasteiger partial charge is 0.357 e. The van der Waals surface area contributed by atoms with Crippen LogP contribution < -0.4 is 4.90 Å². The van der Waals surface area contributed by atoms with Gasteiger partial charge in [-0.15, -0.1) is 0 Å². The molecule has 4 rings (SSSR count). The molecule has 5 heteroatoms. The lowest BCUT2D eigenvalue weighted by molar-refractivity contribution is -0.263. The normalized spacial score (nSPS) is 35.0. The molecule has 3 atom stereocenters. The average Bonchev–Trinajstić information content (AvgIpc) is 2.64. The van der Waals surface area contributed by atoms with Gasteiger partial charge < -0.3 is 4.74 Å². The third-order valence-corrected chi connectivity index (χ3v) is 6.50. The molecule has 144 valence electrons. The van der Waals surface area contributed by atoms with Crippen molar-refractivity contribution >= 4 is 23.3 Å². The van der Waals surface area contributed by atoms with Crippen LogP contribution in [0.3, 0.4) is 0 Å². The molecule has 2 saturated heterocycles. The van der Waals surface area contributed by atoms with Crippen molar-refractivity contribution in [2.45, 2.75) is 71.0 Å². The number of rotatable bonds is 1. The molecule has 0 bridgehead atoms. The van der Waals surface area contributed by atoms with Crippen LogP contribution in [-0.4, -0.2) is 28.8 Å². The van der Waals surface area contributed by atoms with E-state index in [1.165, 1.54) is 4.90 Å². The number of ketones is 1. The molecule has 2 amide bonds. The number of Topliss-reactive ketones (excluding diaryl/α,β-unsaturated/α-hetero) is 1. The summed E-state index contributed by atoms with van der Waals surface area (Å²) in [6, 6.07) is 7.51. The molecule has 1 aliphatic carbocycles. The number of benzene rings is 1. The lowest BCUT2D eigenvalue weighted by Gasteiger charge is -2.59. The van der Waals surface area contributed by atoms with Crippen LogP contribution in [0.15, 0.2) is 24.3 Å². The Labute approximate surface area is 160 Å². The van der Waals surface area contributed by atoms with Crippen LogP contribution in [0.5, 0.6) is 0 Å². The molecule has 2 aliphatic heterocycles. The predicted molar refractivity (Wildman–Crippen MR) is 101 cm³/mol. The van der Waals surface area contributed by atoms with Gasteiger partial charge >= 0.3 is 0 Å². The zero-order chi connectivity index (χ0) is 20.0. The van der Waals surface area contributed by atoms with E-state index in [9.17, 15) is 14.4 Å². The number of imide groups is 1. The highest BCUT2D eigenvalue weighted by molar-refractivity contribution is 6.29. The molecule has 0 unspecified atom stereocenters. The van der Waals surface area contributed by atoms with Gasteiger partial charge in [0.15, 0.2) is 5.60 Å². The maximum atomic E-state index is 13.7. The molecule has 1 saturated carbocycles. The van der Waals surface area contributed by atoms with E-state index >= 15 is 0 Å². The first-order chi connectivity index (χ1) is 12.4. The molecule has 2 heterocycles. The summed E-state index contributed by atoms with van der Waals surface area (Å²) in [5, 5.41) is 0. The number of para-hydroxylation sites is 1. The quantitative estimate of drug-likeness (QED) is 0.712. The second kappa shape index (κ2) is 5.07. The first kappa shape index (κ1) is 18.4. The van der Waals surface area contributed by atoms with Crippen LogP contribution in [0.1, 0.15) is 59.9 Å². The number of carbonyl (C=O) groups is 3. The summed E-state index contributed by atoms with van der Waals surface area (Å²) in [6.45, 7) is 11.6. The van der Waals surface area contributed by atoms with Gasteiger partial charge in [0, 0.05) is 6.42 Å². The Morgan fingerprint density at radius 2 is 1.67 bits per heavy atom. The molecule has 0 aromatic heterocycles. The van der Waals surface area contributed by atoms with E-state index in [-0.39, 0.29) is 29.4 Å². The van der Waals surface area contributed by atoms with E-state index in [4.69, 9.17) is 4.74 Å². The van der Waals surface area contributed by atoms with Crippen molar-refractivity contribution in [1.29, 1.82) is 0 Å². The number of nitrogens with zero attached hydrogens (tertiary/aromatic N) is 1. The topological polar surface area (TPSA) is 63.7 Å². The number of ether oxygens (including phenoxy) is 1. The van der Waals surface area contributed by atoms with Gasteiger partial charge in [-0.1, -0.05) is 39.0 Å². The fraction of sp³-hybridized carbons (Fsp3) is 0.591. The zero-order valence-electron chi connectivity index (χ0n) is 16.9. The maximum absolute atomic E-state index is 13.7. The number of hydrogen-bond donors (Lipinski definition) is 0. The fourth-order valence-electron chi connectivity index (χ4n) is 5.20. The Bertz CT molecular complexity index is 881. The van der Waals surface area contributed by atoms with E-state index in [2.05, 4.69) is 20.8 Å². The van der Waals surface area contributed by atoms with Gasteiger partial charge in [0.1, 0.15) is 5.78 Å². The summed E-state index contributed by atoms with van der Waals surface area (Å²) in [5.74, 6) is -1.15. The van der Waals surface area contributed by atoms with Crippen LogP contribution in [0.25, 0.3) is 0 Å². The standard InChI is InChI=1S/C22H27NO4/c1-19(2,3)13-9-7-8-10-15(13)23-17(25)21(6)11-14-16(24)12-20(4,5)27-22(14,21)18(23)26/h7-10,14H,11-12H2,1-6H3/t14-,21-,22-/m0/s1. The summed E-state index contributed by atoms with van der Waals surface area (Å²) in [7, 11) is 0. The third kappa shape index (κ3) is 2.12. The predicted octanol–water partition coefficient (Wildman–Crippen LogP) is 3.39. The molecular formula is C22H27NO4. The summed E-state index contributed by atoms with van der Waals surface area (Å²) >= 11 is 0. The SMILES string of the molecule is CC1(C)CC(=O)[C@@H]2C[C@@]3(C)C(=O)N(c4ccccc4C(C)(C)C)C(=O)[C@@]23O1. The lowest BCUT2D eigenvalue weighted by atomic mass is 9.49. The minimum atomic E-state index is -1.37. The van der Waals surface area contributed by atoms with E-state index in [0.717, 1.165) is 5.56 Å². The Morgan fingerprint density at radius 3 is 2.30 bits per heavy atom.